The molecule has 2 aromatic rings. The molecule has 1 heterocycles. The van der Waals surface area contributed by atoms with E-state index in [4.69, 9.17) is 4.74 Å². The largest absolute Gasteiger partial charge is 0.452 e. The lowest BCUT2D eigenvalue weighted by Crippen LogP contribution is -2.29. The number of hydrogen-bond donors (Lipinski definition) is 1. The fourth-order valence-corrected chi connectivity index (χ4v) is 2.45. The van der Waals surface area contributed by atoms with Crippen molar-refractivity contribution >= 4 is 35.1 Å². The van der Waals surface area contributed by atoms with Crippen LogP contribution in [0.1, 0.15) is 10.4 Å². The lowest BCUT2D eigenvalue weighted by molar-refractivity contribution is -0.120. The van der Waals surface area contributed by atoms with Crippen molar-refractivity contribution in [1.82, 2.24) is 0 Å². The maximum Gasteiger partial charge on any atom is 0.338 e. The smallest absolute Gasteiger partial charge is 0.338 e. The van der Waals surface area contributed by atoms with Gasteiger partial charge in [-0.25, -0.2) is 22.9 Å². The fraction of sp³-hybridized carbons (Fsp3) is 0.0526. The second-order valence-electron chi connectivity index (χ2n) is 5.74. The average Bonchev–Trinajstić information content (AvgIpc) is 3.05. The number of anilines is 2. The van der Waals surface area contributed by atoms with E-state index in [0.29, 0.717) is 6.07 Å². The summed E-state index contributed by atoms with van der Waals surface area (Å²) in [5.74, 6) is -7.87. The molecule has 0 radical (unpaired) electrons. The number of carbonyl (C=O) groups excluding carboxylic acids is 4. The van der Waals surface area contributed by atoms with Crippen LogP contribution in [0.25, 0.3) is 0 Å². The summed E-state index contributed by atoms with van der Waals surface area (Å²) in [4.78, 5) is 48.1. The summed E-state index contributed by atoms with van der Waals surface area (Å²) in [5.41, 5.74) is -0.542. The fourth-order valence-electron chi connectivity index (χ4n) is 2.45. The Bertz CT molecular complexity index is 1050. The van der Waals surface area contributed by atoms with Crippen LogP contribution >= 0.6 is 0 Å². The van der Waals surface area contributed by atoms with Gasteiger partial charge in [0, 0.05) is 12.2 Å². The molecule has 0 fully saturated rings. The average molecular weight is 404 g/mol. The number of ether oxygens (including phenoxy) is 1. The molecule has 0 spiro atoms. The Morgan fingerprint density at radius 3 is 2.34 bits per heavy atom. The van der Waals surface area contributed by atoms with Crippen molar-refractivity contribution in [2.75, 3.05) is 16.8 Å². The molecule has 0 saturated heterocycles. The minimum atomic E-state index is -1.75. The van der Waals surface area contributed by atoms with Gasteiger partial charge in [-0.05, 0) is 30.3 Å². The third-order valence-corrected chi connectivity index (χ3v) is 3.79. The molecule has 3 amide bonds. The predicted molar refractivity (Wildman–Crippen MR) is 93.3 cm³/mol. The van der Waals surface area contributed by atoms with Gasteiger partial charge in [0.05, 0.1) is 16.9 Å². The molecule has 3 rings (SSSR count). The van der Waals surface area contributed by atoms with Crippen molar-refractivity contribution in [3.8, 4) is 0 Å². The van der Waals surface area contributed by atoms with E-state index in [1.807, 2.05) is 5.32 Å². The first kappa shape index (κ1) is 19.8. The predicted octanol–water partition coefficient (Wildman–Crippen LogP) is 2.33. The van der Waals surface area contributed by atoms with Crippen LogP contribution in [0.2, 0.25) is 0 Å². The first-order valence-corrected chi connectivity index (χ1v) is 8.04. The summed E-state index contributed by atoms with van der Waals surface area (Å²) in [6.07, 6.45) is 2.16. The van der Waals surface area contributed by atoms with Gasteiger partial charge in [0.15, 0.2) is 24.1 Å². The Hall–Kier alpha value is -3.95. The molecule has 0 aromatic heterocycles. The number of amides is 3. The quantitative estimate of drug-likeness (QED) is 0.469. The summed E-state index contributed by atoms with van der Waals surface area (Å²) in [7, 11) is 0. The summed E-state index contributed by atoms with van der Waals surface area (Å²) in [6, 6.07) is 6.82. The third-order valence-electron chi connectivity index (χ3n) is 3.79. The number of nitrogens with zero attached hydrogens (tertiary/aromatic N) is 1. The maximum absolute atomic E-state index is 13.5. The van der Waals surface area contributed by atoms with Crippen LogP contribution in [-0.2, 0) is 19.1 Å². The molecule has 1 aliphatic rings. The SMILES string of the molecule is O=C(COC(=O)c1cccc(N2C(=O)C=CC2=O)c1)Nc1ccc(F)c(F)c1F. The number of rotatable bonds is 5. The topological polar surface area (TPSA) is 92.8 Å². The van der Waals surface area contributed by atoms with Gasteiger partial charge in [0.25, 0.3) is 17.7 Å². The van der Waals surface area contributed by atoms with Crippen LogP contribution in [0, 0.1) is 17.5 Å². The van der Waals surface area contributed by atoms with Gasteiger partial charge in [-0.15, -0.1) is 0 Å². The van der Waals surface area contributed by atoms with E-state index in [2.05, 4.69) is 0 Å². The molecule has 10 heteroatoms. The number of imide groups is 1. The molecule has 0 atom stereocenters. The first-order valence-electron chi connectivity index (χ1n) is 8.04. The highest BCUT2D eigenvalue weighted by atomic mass is 19.2. The second-order valence-corrected chi connectivity index (χ2v) is 5.74. The Morgan fingerprint density at radius 1 is 0.966 bits per heavy atom. The summed E-state index contributed by atoms with van der Waals surface area (Å²) in [5, 5.41) is 1.95. The van der Waals surface area contributed by atoms with Crippen LogP contribution in [0.4, 0.5) is 24.5 Å². The van der Waals surface area contributed by atoms with Gasteiger partial charge >= 0.3 is 5.97 Å². The summed E-state index contributed by atoms with van der Waals surface area (Å²) >= 11 is 0. The normalized spacial score (nSPS) is 13.0. The first-order chi connectivity index (χ1) is 13.8. The highest BCUT2D eigenvalue weighted by Crippen LogP contribution is 2.21. The molecule has 148 valence electrons. The van der Waals surface area contributed by atoms with Crippen molar-refractivity contribution < 1.29 is 37.1 Å². The number of nitrogens with one attached hydrogen (secondary N) is 1. The van der Waals surface area contributed by atoms with Crippen LogP contribution in [0.5, 0.6) is 0 Å². The molecule has 2 aromatic carbocycles. The highest BCUT2D eigenvalue weighted by Gasteiger charge is 2.26. The monoisotopic (exact) mass is 404 g/mol. The zero-order valence-corrected chi connectivity index (χ0v) is 14.4. The van der Waals surface area contributed by atoms with E-state index >= 15 is 0 Å². The molecule has 1 aliphatic heterocycles. The number of benzene rings is 2. The standard InChI is InChI=1S/C19H11F3N2O5/c20-12-4-5-13(18(22)17(12)21)23-14(25)9-29-19(28)10-2-1-3-11(8-10)24-15(26)6-7-16(24)27/h1-8H,9H2,(H,23,25). The van der Waals surface area contributed by atoms with Gasteiger partial charge in [0.1, 0.15) is 0 Å². The van der Waals surface area contributed by atoms with Gasteiger partial charge in [-0.2, -0.15) is 0 Å². The van der Waals surface area contributed by atoms with Gasteiger partial charge in [-0.3, -0.25) is 14.4 Å². The molecule has 1 N–H and O–H groups in total. The van der Waals surface area contributed by atoms with Crippen molar-refractivity contribution in [2.24, 2.45) is 0 Å². The third kappa shape index (κ3) is 4.15. The van der Waals surface area contributed by atoms with Crippen molar-refractivity contribution in [1.29, 1.82) is 0 Å². The molecule has 0 aliphatic carbocycles. The lowest BCUT2D eigenvalue weighted by Gasteiger charge is -2.14. The van der Waals surface area contributed by atoms with E-state index in [-0.39, 0.29) is 11.3 Å². The van der Waals surface area contributed by atoms with Crippen molar-refractivity contribution in [3.63, 3.8) is 0 Å². The molecular weight excluding hydrogens is 393 g/mol. The molecule has 7 nitrogen and oxygen atoms in total. The molecular formula is C19H11F3N2O5. The van der Waals surface area contributed by atoms with Gasteiger partial charge in [-0.1, -0.05) is 6.07 Å². The number of esters is 1. The van der Waals surface area contributed by atoms with Gasteiger partial charge < -0.3 is 10.1 Å². The second kappa shape index (κ2) is 7.97. The zero-order valence-electron chi connectivity index (χ0n) is 14.4. The van der Waals surface area contributed by atoms with E-state index in [1.54, 1.807) is 0 Å². The minimum Gasteiger partial charge on any atom is -0.452 e. The Morgan fingerprint density at radius 2 is 1.66 bits per heavy atom. The Kier molecular flexibility index (Phi) is 5.44. The van der Waals surface area contributed by atoms with Crippen molar-refractivity contribution in [3.05, 3.63) is 71.6 Å². The van der Waals surface area contributed by atoms with Crippen molar-refractivity contribution in [2.45, 2.75) is 0 Å². The van der Waals surface area contributed by atoms with E-state index in [9.17, 15) is 32.3 Å². The van der Waals surface area contributed by atoms with Crippen LogP contribution < -0.4 is 10.2 Å². The molecule has 29 heavy (non-hydrogen) atoms. The zero-order chi connectivity index (χ0) is 21.1. The number of halogens is 3. The maximum atomic E-state index is 13.5. The van der Waals surface area contributed by atoms with E-state index < -0.39 is 53.4 Å². The van der Waals surface area contributed by atoms with E-state index in [1.165, 1.54) is 24.3 Å². The molecule has 0 unspecified atom stereocenters. The minimum absolute atomic E-state index is 0.0539. The lowest BCUT2D eigenvalue weighted by atomic mass is 10.2. The summed E-state index contributed by atoms with van der Waals surface area (Å²) < 4.78 is 44.4. The van der Waals surface area contributed by atoms with Gasteiger partial charge in [0.2, 0.25) is 0 Å². The number of hydrogen-bond acceptors (Lipinski definition) is 5. The van der Waals surface area contributed by atoms with Crippen LogP contribution in [0.15, 0.2) is 48.6 Å². The van der Waals surface area contributed by atoms with E-state index in [0.717, 1.165) is 23.1 Å². The molecule has 0 bridgehead atoms. The number of carbonyl (C=O) groups is 4. The summed E-state index contributed by atoms with van der Waals surface area (Å²) in [6.45, 7) is -0.843. The highest BCUT2D eigenvalue weighted by molar-refractivity contribution is 6.28. The molecule has 0 saturated carbocycles. The Labute approximate surface area is 161 Å². The van der Waals surface area contributed by atoms with Crippen LogP contribution in [-0.4, -0.2) is 30.3 Å². The van der Waals surface area contributed by atoms with Crippen LogP contribution in [0.3, 0.4) is 0 Å². The Balaban J connectivity index is 1.63.